The average molecular weight is 407 g/mol. The molecule has 0 saturated heterocycles. The fourth-order valence-electron chi connectivity index (χ4n) is 3.99. The number of hydrogen-bond donors (Lipinski definition) is 2. The minimum atomic E-state index is -0.741. The maximum absolute atomic E-state index is 13.1. The van der Waals surface area contributed by atoms with Gasteiger partial charge in [0.25, 0.3) is 5.56 Å². The standard InChI is InChI=1S/C22H38N4O3/c1-9-15(16-17(27)24-18(26-25-16)21(5,6)29-8)23-19(28)22(7)12-10-14(11-13-22)20(2,3)4/h14-15H,9-13H2,1-8H3,(H,23,28)(H,24,26,27)/t14-,15?,22-. The summed E-state index contributed by atoms with van der Waals surface area (Å²) in [6.45, 7) is 14.4. The van der Waals surface area contributed by atoms with Gasteiger partial charge in [0, 0.05) is 12.5 Å². The molecule has 7 heteroatoms. The molecule has 7 nitrogen and oxygen atoms in total. The van der Waals surface area contributed by atoms with Gasteiger partial charge in [0.05, 0.1) is 6.04 Å². The van der Waals surface area contributed by atoms with Gasteiger partial charge in [-0.05, 0) is 57.3 Å². The van der Waals surface area contributed by atoms with E-state index in [1.807, 2.05) is 13.8 Å². The molecule has 1 unspecified atom stereocenters. The van der Waals surface area contributed by atoms with Gasteiger partial charge in [-0.3, -0.25) is 9.59 Å². The van der Waals surface area contributed by atoms with Crippen LogP contribution < -0.4 is 10.9 Å². The number of nitrogens with zero attached hydrogens (tertiary/aromatic N) is 2. The first-order valence-electron chi connectivity index (χ1n) is 10.7. The van der Waals surface area contributed by atoms with Crippen LogP contribution in [-0.4, -0.2) is 28.2 Å². The number of nitrogens with one attached hydrogen (secondary N) is 2. The average Bonchev–Trinajstić information content (AvgIpc) is 2.65. The molecule has 1 heterocycles. The van der Waals surface area contributed by atoms with E-state index in [0.717, 1.165) is 25.7 Å². The third-order valence-electron chi connectivity index (χ3n) is 6.71. The Morgan fingerprint density at radius 2 is 1.83 bits per heavy atom. The smallest absolute Gasteiger partial charge is 0.275 e. The van der Waals surface area contributed by atoms with E-state index in [4.69, 9.17) is 4.74 Å². The normalized spacial score (nSPS) is 24.2. The van der Waals surface area contributed by atoms with E-state index >= 15 is 0 Å². The zero-order valence-electron chi connectivity index (χ0n) is 19.3. The zero-order chi connectivity index (χ0) is 22.0. The molecule has 0 aromatic carbocycles. The van der Waals surface area contributed by atoms with E-state index in [9.17, 15) is 9.59 Å². The molecule has 1 atom stereocenters. The molecule has 1 aliphatic rings. The predicted octanol–water partition coefficient (Wildman–Crippen LogP) is 3.86. The highest BCUT2D eigenvalue weighted by molar-refractivity contribution is 5.82. The lowest BCUT2D eigenvalue weighted by Gasteiger charge is -2.41. The molecule has 1 fully saturated rings. The summed E-state index contributed by atoms with van der Waals surface area (Å²) in [6.07, 6.45) is 4.38. The van der Waals surface area contributed by atoms with Crippen LogP contribution in [0.15, 0.2) is 4.79 Å². The molecule has 2 rings (SSSR count). The van der Waals surface area contributed by atoms with Gasteiger partial charge in [0.15, 0.2) is 11.5 Å². The minimum absolute atomic E-state index is 0.000734. The number of hydrogen-bond acceptors (Lipinski definition) is 5. The number of methoxy groups -OCH3 is 1. The highest BCUT2D eigenvalue weighted by Gasteiger charge is 2.41. The molecule has 164 valence electrons. The summed E-state index contributed by atoms with van der Waals surface area (Å²) < 4.78 is 5.35. The first kappa shape index (κ1) is 23.5. The van der Waals surface area contributed by atoms with Crippen molar-refractivity contribution >= 4 is 5.91 Å². The maximum Gasteiger partial charge on any atom is 0.275 e. The Labute approximate surface area is 174 Å². The second kappa shape index (κ2) is 8.54. The van der Waals surface area contributed by atoms with Crippen LogP contribution in [0.4, 0.5) is 0 Å². The van der Waals surface area contributed by atoms with Crippen molar-refractivity contribution in [1.82, 2.24) is 20.5 Å². The largest absolute Gasteiger partial charge is 0.371 e. The van der Waals surface area contributed by atoms with Gasteiger partial charge in [-0.25, -0.2) is 0 Å². The predicted molar refractivity (Wildman–Crippen MR) is 113 cm³/mol. The van der Waals surface area contributed by atoms with Crippen molar-refractivity contribution in [3.8, 4) is 0 Å². The van der Waals surface area contributed by atoms with Crippen molar-refractivity contribution in [2.75, 3.05) is 7.11 Å². The molecule has 1 amide bonds. The Morgan fingerprint density at radius 3 is 2.28 bits per heavy atom. The molecule has 1 aromatic rings. The Balaban J connectivity index is 2.14. The first-order chi connectivity index (χ1) is 13.3. The van der Waals surface area contributed by atoms with E-state index < -0.39 is 17.1 Å². The number of carbonyl (C=O) groups is 1. The van der Waals surface area contributed by atoms with Crippen LogP contribution in [-0.2, 0) is 15.1 Å². The molecule has 29 heavy (non-hydrogen) atoms. The summed E-state index contributed by atoms with van der Waals surface area (Å²) in [5.74, 6) is 0.998. The van der Waals surface area contributed by atoms with Crippen LogP contribution >= 0.6 is 0 Å². The van der Waals surface area contributed by atoms with Crippen LogP contribution in [0.2, 0.25) is 0 Å². The van der Waals surface area contributed by atoms with Gasteiger partial charge in [0.1, 0.15) is 5.60 Å². The highest BCUT2D eigenvalue weighted by atomic mass is 16.5. The second-order valence-electron chi connectivity index (χ2n) is 10.2. The van der Waals surface area contributed by atoms with Gasteiger partial charge in [-0.15, -0.1) is 10.2 Å². The Morgan fingerprint density at radius 1 is 1.24 bits per heavy atom. The van der Waals surface area contributed by atoms with Gasteiger partial charge in [0.2, 0.25) is 5.91 Å². The Hall–Kier alpha value is -1.76. The number of aromatic amines is 1. The topological polar surface area (TPSA) is 97.0 Å². The third-order valence-corrected chi connectivity index (χ3v) is 6.71. The van der Waals surface area contributed by atoms with E-state index in [2.05, 4.69) is 41.3 Å². The molecule has 0 aliphatic heterocycles. The maximum atomic E-state index is 13.1. The van der Waals surface area contributed by atoms with E-state index in [1.165, 1.54) is 0 Å². The van der Waals surface area contributed by atoms with Crippen molar-refractivity contribution in [2.45, 2.75) is 92.2 Å². The van der Waals surface area contributed by atoms with Crippen molar-refractivity contribution in [2.24, 2.45) is 16.7 Å². The van der Waals surface area contributed by atoms with Gasteiger partial charge in [-0.1, -0.05) is 34.6 Å². The van der Waals surface area contributed by atoms with Gasteiger partial charge in [-0.2, -0.15) is 0 Å². The minimum Gasteiger partial charge on any atom is -0.371 e. The summed E-state index contributed by atoms with van der Waals surface area (Å²) in [5, 5.41) is 11.4. The summed E-state index contributed by atoms with van der Waals surface area (Å²) in [7, 11) is 1.55. The van der Waals surface area contributed by atoms with Crippen LogP contribution in [0.1, 0.15) is 98.1 Å². The molecule has 0 radical (unpaired) electrons. The Kier molecular flexibility index (Phi) is 6.93. The number of rotatable bonds is 6. The number of H-pyrrole nitrogens is 1. The molecule has 0 bridgehead atoms. The molecule has 1 aromatic heterocycles. The number of carbonyl (C=O) groups excluding carboxylic acids is 1. The molecule has 2 N–H and O–H groups in total. The van der Waals surface area contributed by atoms with Crippen molar-refractivity contribution in [3.63, 3.8) is 0 Å². The van der Waals surface area contributed by atoms with Gasteiger partial charge >= 0.3 is 0 Å². The lowest BCUT2D eigenvalue weighted by atomic mass is 9.64. The highest BCUT2D eigenvalue weighted by Crippen LogP contribution is 2.45. The summed E-state index contributed by atoms with van der Waals surface area (Å²) in [4.78, 5) is 28.5. The van der Waals surface area contributed by atoms with Crippen molar-refractivity contribution in [1.29, 1.82) is 0 Å². The lowest BCUT2D eigenvalue weighted by Crippen LogP contribution is -2.45. The number of aromatic nitrogens is 3. The quantitative estimate of drug-likeness (QED) is 0.748. The summed E-state index contributed by atoms with van der Waals surface area (Å²) in [5.41, 5.74) is -0.982. The van der Waals surface area contributed by atoms with Crippen LogP contribution in [0, 0.1) is 16.7 Å². The van der Waals surface area contributed by atoms with Crippen LogP contribution in [0.25, 0.3) is 0 Å². The van der Waals surface area contributed by atoms with E-state index in [0.29, 0.717) is 18.2 Å². The van der Waals surface area contributed by atoms with Crippen LogP contribution in [0.3, 0.4) is 0 Å². The van der Waals surface area contributed by atoms with Crippen molar-refractivity contribution in [3.05, 3.63) is 21.9 Å². The summed E-state index contributed by atoms with van der Waals surface area (Å²) >= 11 is 0. The molecule has 1 saturated carbocycles. The fraction of sp³-hybridized carbons (Fsp3) is 0.818. The monoisotopic (exact) mass is 406 g/mol. The molecular formula is C22H38N4O3. The fourth-order valence-corrected chi connectivity index (χ4v) is 3.99. The molecular weight excluding hydrogens is 368 g/mol. The summed E-state index contributed by atoms with van der Waals surface area (Å²) in [6, 6.07) is -0.462. The molecule has 0 spiro atoms. The number of ether oxygens (including phenoxy) is 1. The SMILES string of the molecule is CCC(NC(=O)[C@]1(C)CC[C@@H](C(C)(C)C)CC1)c1nnc(C(C)(C)OC)[nH]c1=O. The van der Waals surface area contributed by atoms with Gasteiger partial charge < -0.3 is 15.0 Å². The molecule has 1 aliphatic carbocycles. The lowest BCUT2D eigenvalue weighted by molar-refractivity contribution is -0.133. The van der Waals surface area contributed by atoms with E-state index in [1.54, 1.807) is 21.0 Å². The Bertz CT molecular complexity index is 771. The first-order valence-corrected chi connectivity index (χ1v) is 10.7. The number of amides is 1. The van der Waals surface area contributed by atoms with Crippen LogP contribution in [0.5, 0.6) is 0 Å². The third kappa shape index (κ3) is 5.24. The second-order valence-corrected chi connectivity index (χ2v) is 10.2. The van der Waals surface area contributed by atoms with E-state index in [-0.39, 0.29) is 22.6 Å². The van der Waals surface area contributed by atoms with Crippen molar-refractivity contribution < 1.29 is 9.53 Å². The zero-order valence-corrected chi connectivity index (χ0v) is 19.3.